The second-order valence-corrected chi connectivity index (χ2v) is 6.13. The van der Waals surface area contributed by atoms with Crippen molar-refractivity contribution >= 4 is 17.6 Å². The Labute approximate surface area is 137 Å². The Hall–Kier alpha value is -2.09. The van der Waals surface area contributed by atoms with Gasteiger partial charge >= 0.3 is 12.1 Å². The van der Waals surface area contributed by atoms with Crippen LogP contribution >= 0.6 is 0 Å². The van der Waals surface area contributed by atoms with Gasteiger partial charge in [-0.05, 0) is 42.5 Å². The maximum Gasteiger partial charge on any atom is 0.416 e. The molecule has 0 spiro atoms. The van der Waals surface area contributed by atoms with Crippen LogP contribution in [0.15, 0.2) is 18.2 Å². The number of hydrogen-bond acceptors (Lipinski definition) is 3. The van der Waals surface area contributed by atoms with Crippen molar-refractivity contribution in [3.63, 3.8) is 0 Å². The molecule has 1 heterocycles. The van der Waals surface area contributed by atoms with Gasteiger partial charge in [0, 0.05) is 5.69 Å². The summed E-state index contributed by atoms with van der Waals surface area (Å²) in [6.07, 6.45) is -3.76. The van der Waals surface area contributed by atoms with E-state index in [1.165, 1.54) is 12.1 Å². The molecule has 2 atom stereocenters. The molecule has 1 fully saturated rings. The van der Waals surface area contributed by atoms with E-state index in [0.29, 0.717) is 12.8 Å². The van der Waals surface area contributed by atoms with Crippen molar-refractivity contribution in [2.75, 3.05) is 5.32 Å². The van der Waals surface area contributed by atoms with E-state index in [4.69, 9.17) is 5.11 Å². The van der Waals surface area contributed by atoms with Crippen LogP contribution in [0.1, 0.15) is 43.7 Å². The van der Waals surface area contributed by atoms with Crippen molar-refractivity contribution in [1.82, 2.24) is 5.32 Å². The summed E-state index contributed by atoms with van der Waals surface area (Å²) in [5, 5.41) is 14.2. The molecule has 1 aromatic carbocycles. The molecule has 24 heavy (non-hydrogen) atoms. The Morgan fingerprint density at radius 2 is 1.88 bits per heavy atom. The molecule has 1 aromatic rings. The second kappa shape index (κ2) is 6.80. The van der Waals surface area contributed by atoms with Crippen LogP contribution in [0.4, 0.5) is 18.9 Å². The minimum absolute atomic E-state index is 0.100. The smallest absolute Gasteiger partial charge is 0.416 e. The summed E-state index contributed by atoms with van der Waals surface area (Å²) in [7, 11) is 0. The summed E-state index contributed by atoms with van der Waals surface area (Å²) < 4.78 is 39.0. The predicted octanol–water partition coefficient (Wildman–Crippen LogP) is 2.97. The maximum atomic E-state index is 13.0. The number of alkyl halides is 3. The van der Waals surface area contributed by atoms with Crippen molar-refractivity contribution in [3.8, 4) is 0 Å². The molecule has 1 aliphatic heterocycles. The highest BCUT2D eigenvalue weighted by atomic mass is 19.4. The van der Waals surface area contributed by atoms with Crippen LogP contribution in [-0.2, 0) is 15.8 Å². The monoisotopic (exact) mass is 344 g/mol. The number of carbonyl (C=O) groups excluding carboxylic acids is 1. The molecule has 8 heteroatoms. The highest BCUT2D eigenvalue weighted by Crippen LogP contribution is 2.36. The maximum absolute atomic E-state index is 13.0. The molecule has 0 bridgehead atoms. The first-order valence-electron chi connectivity index (χ1n) is 7.60. The molecule has 1 amide bonds. The number of anilines is 1. The molecule has 0 saturated carbocycles. The fourth-order valence-electron chi connectivity index (χ4n) is 2.75. The number of halogens is 3. The lowest BCUT2D eigenvalue weighted by atomic mass is 9.96. The van der Waals surface area contributed by atoms with Crippen molar-refractivity contribution < 1.29 is 27.9 Å². The van der Waals surface area contributed by atoms with Gasteiger partial charge in [0.25, 0.3) is 0 Å². The summed E-state index contributed by atoms with van der Waals surface area (Å²) in [6, 6.07) is 2.02. The van der Waals surface area contributed by atoms with Crippen LogP contribution in [-0.4, -0.2) is 29.1 Å². The quantitative estimate of drug-likeness (QED) is 0.785. The Bertz CT molecular complexity index is 644. The number of amides is 1. The number of aliphatic carboxylic acids is 1. The van der Waals surface area contributed by atoms with Crippen molar-refractivity contribution in [1.29, 1.82) is 0 Å². The van der Waals surface area contributed by atoms with Gasteiger partial charge in [-0.2, -0.15) is 13.2 Å². The third-order valence-electron chi connectivity index (χ3n) is 4.01. The van der Waals surface area contributed by atoms with Gasteiger partial charge in [0.05, 0.1) is 11.6 Å². The average Bonchev–Trinajstić information content (AvgIpc) is 2.96. The van der Waals surface area contributed by atoms with E-state index in [1.807, 2.05) is 0 Å². The van der Waals surface area contributed by atoms with Crippen LogP contribution < -0.4 is 10.6 Å². The zero-order valence-electron chi connectivity index (χ0n) is 13.3. The van der Waals surface area contributed by atoms with Gasteiger partial charge in [-0.25, -0.2) is 0 Å². The van der Waals surface area contributed by atoms with E-state index < -0.39 is 35.7 Å². The van der Waals surface area contributed by atoms with E-state index in [0.717, 1.165) is 6.07 Å². The van der Waals surface area contributed by atoms with Crippen LogP contribution in [0.5, 0.6) is 0 Å². The number of benzene rings is 1. The fourth-order valence-corrected chi connectivity index (χ4v) is 2.75. The molecule has 2 rings (SSSR count). The van der Waals surface area contributed by atoms with Gasteiger partial charge in [0.2, 0.25) is 5.91 Å². The van der Waals surface area contributed by atoms with Gasteiger partial charge in [-0.15, -0.1) is 0 Å². The van der Waals surface area contributed by atoms with Gasteiger partial charge in [-0.1, -0.05) is 13.8 Å². The number of rotatable bonds is 4. The van der Waals surface area contributed by atoms with Crippen molar-refractivity contribution in [3.05, 3.63) is 29.3 Å². The van der Waals surface area contributed by atoms with Crippen LogP contribution in [0, 0.1) is 0 Å². The minimum atomic E-state index is -4.45. The molecular formula is C16H19F3N2O3. The lowest BCUT2D eigenvalue weighted by molar-refractivity contribution is -0.139. The van der Waals surface area contributed by atoms with E-state index in [2.05, 4.69) is 10.6 Å². The minimum Gasteiger partial charge on any atom is -0.480 e. The number of hydrogen-bond donors (Lipinski definition) is 3. The summed E-state index contributed by atoms with van der Waals surface area (Å²) in [5.41, 5.74) is -0.360. The lowest BCUT2D eigenvalue weighted by Gasteiger charge is -2.18. The first-order valence-corrected chi connectivity index (χ1v) is 7.60. The molecule has 1 aliphatic rings. The highest BCUT2D eigenvalue weighted by molar-refractivity contribution is 5.95. The molecule has 0 radical (unpaired) electrons. The predicted molar refractivity (Wildman–Crippen MR) is 81.7 cm³/mol. The van der Waals surface area contributed by atoms with Crippen LogP contribution in [0.25, 0.3) is 0 Å². The molecular weight excluding hydrogens is 325 g/mol. The summed E-state index contributed by atoms with van der Waals surface area (Å²) in [4.78, 5) is 23.0. The van der Waals surface area contributed by atoms with Crippen molar-refractivity contribution in [2.24, 2.45) is 0 Å². The zero-order valence-corrected chi connectivity index (χ0v) is 13.3. The van der Waals surface area contributed by atoms with Gasteiger partial charge in [0.15, 0.2) is 0 Å². The third-order valence-corrected chi connectivity index (χ3v) is 4.01. The molecule has 0 aliphatic carbocycles. The SMILES string of the molecule is CC(C)c1cc(NC(=O)[C@@H]2CC[C@H](C(=O)O)N2)ccc1C(F)(F)F. The molecule has 0 aromatic heterocycles. The molecule has 0 unspecified atom stereocenters. The number of nitrogens with one attached hydrogen (secondary N) is 2. The van der Waals surface area contributed by atoms with Gasteiger partial charge in [0.1, 0.15) is 6.04 Å². The van der Waals surface area contributed by atoms with E-state index >= 15 is 0 Å². The molecule has 1 saturated heterocycles. The van der Waals surface area contributed by atoms with E-state index in [1.54, 1.807) is 13.8 Å². The largest absolute Gasteiger partial charge is 0.480 e. The van der Waals surface area contributed by atoms with Crippen molar-refractivity contribution in [2.45, 2.75) is 50.9 Å². The first kappa shape index (κ1) is 18.3. The fraction of sp³-hybridized carbons (Fsp3) is 0.500. The standard InChI is InChI=1S/C16H19F3N2O3/c1-8(2)10-7-9(3-4-11(10)16(17,18)19)20-14(22)12-5-6-13(21-12)15(23)24/h3-4,7-8,12-13,21H,5-6H2,1-2H3,(H,20,22)(H,23,24)/t12-,13+/m0/s1. The zero-order chi connectivity index (χ0) is 18.1. The van der Waals surface area contributed by atoms with E-state index in [-0.39, 0.29) is 17.2 Å². The second-order valence-electron chi connectivity index (χ2n) is 6.13. The first-order chi connectivity index (χ1) is 11.1. The average molecular weight is 344 g/mol. The Morgan fingerprint density at radius 3 is 2.38 bits per heavy atom. The Kier molecular flexibility index (Phi) is 5.17. The van der Waals surface area contributed by atoms with E-state index in [9.17, 15) is 22.8 Å². The van der Waals surface area contributed by atoms with Crippen LogP contribution in [0.3, 0.4) is 0 Å². The summed E-state index contributed by atoms with van der Waals surface area (Å²) in [5.74, 6) is -1.84. The molecule has 5 nitrogen and oxygen atoms in total. The summed E-state index contributed by atoms with van der Waals surface area (Å²) >= 11 is 0. The van der Waals surface area contributed by atoms with Gasteiger partial charge < -0.3 is 10.4 Å². The Morgan fingerprint density at radius 1 is 1.25 bits per heavy atom. The third kappa shape index (κ3) is 4.05. The van der Waals surface area contributed by atoms with Gasteiger partial charge in [-0.3, -0.25) is 14.9 Å². The topological polar surface area (TPSA) is 78.4 Å². The lowest BCUT2D eigenvalue weighted by Crippen LogP contribution is -2.41. The highest BCUT2D eigenvalue weighted by Gasteiger charge is 2.35. The number of carbonyl (C=O) groups is 2. The number of carboxylic acids is 1. The molecule has 132 valence electrons. The van der Waals surface area contributed by atoms with Crippen LogP contribution in [0.2, 0.25) is 0 Å². The number of carboxylic acid groups (broad SMARTS) is 1. The molecule has 3 N–H and O–H groups in total. The summed E-state index contributed by atoms with van der Waals surface area (Å²) in [6.45, 7) is 3.29. The normalized spacial score (nSPS) is 21.1. The Balaban J connectivity index is 2.14.